The van der Waals surface area contributed by atoms with Crippen LogP contribution in [0.5, 0.6) is 0 Å². The zero-order valence-corrected chi connectivity index (χ0v) is 15.9. The Bertz CT molecular complexity index is 1060. The molecule has 0 fully saturated rings. The fourth-order valence-corrected chi connectivity index (χ4v) is 3.02. The average Bonchev–Trinajstić information content (AvgIpc) is 2.65. The monoisotopic (exact) mass is 449 g/mol. The van der Waals surface area contributed by atoms with Gasteiger partial charge in [-0.15, -0.1) is 0 Å². The lowest BCUT2D eigenvalue weighted by atomic mass is 10.0. The molecule has 0 heterocycles. The molecule has 27 heavy (non-hydrogen) atoms. The van der Waals surface area contributed by atoms with Crippen molar-refractivity contribution in [2.45, 2.75) is 0 Å². The maximum atomic E-state index is 13.4. The zero-order valence-electron chi connectivity index (χ0n) is 13.6. The molecule has 0 aliphatic heterocycles. The van der Waals surface area contributed by atoms with Gasteiger partial charge in [0.1, 0.15) is 0 Å². The molecule has 0 unspecified atom stereocenters. The van der Waals surface area contributed by atoms with Gasteiger partial charge < -0.3 is 5.32 Å². The van der Waals surface area contributed by atoms with Crippen LogP contribution < -0.4 is 5.32 Å². The molecule has 3 aromatic rings. The largest absolute Gasteiger partial charge is 0.321 e. The Morgan fingerprint density at radius 3 is 2.33 bits per heavy atom. The molecule has 0 spiro atoms. The molecule has 1 N–H and O–H groups in total. The molecule has 0 aliphatic carbocycles. The van der Waals surface area contributed by atoms with Crippen LogP contribution in [0.1, 0.15) is 26.3 Å². The van der Waals surface area contributed by atoms with Crippen LogP contribution in [0, 0.1) is 11.6 Å². The predicted octanol–water partition coefficient (Wildman–Crippen LogP) is 5.86. The van der Waals surface area contributed by atoms with Crippen molar-refractivity contribution in [3.05, 3.63) is 98.5 Å². The Hall–Kier alpha value is -2.57. The lowest BCUT2D eigenvalue weighted by Crippen LogP contribution is -2.16. The number of ketones is 1. The smallest absolute Gasteiger partial charge is 0.255 e. The number of hydrogen-bond donors (Lipinski definition) is 1. The second-order valence-corrected chi connectivity index (χ2v) is 6.90. The number of anilines is 1. The highest BCUT2D eigenvalue weighted by Gasteiger charge is 2.19. The molecular formula is C20H11BrClF2NO2. The van der Waals surface area contributed by atoms with E-state index in [4.69, 9.17) is 11.6 Å². The molecular weight excluding hydrogens is 440 g/mol. The topological polar surface area (TPSA) is 46.2 Å². The summed E-state index contributed by atoms with van der Waals surface area (Å²) in [5.41, 5.74) is 0.625. The number of benzene rings is 3. The summed E-state index contributed by atoms with van der Waals surface area (Å²) in [6.45, 7) is 0. The van der Waals surface area contributed by atoms with Crippen molar-refractivity contribution in [3.8, 4) is 0 Å². The van der Waals surface area contributed by atoms with Gasteiger partial charge in [-0.2, -0.15) is 0 Å². The van der Waals surface area contributed by atoms with Crippen LogP contribution in [0.15, 0.2) is 65.1 Å². The molecule has 0 radical (unpaired) electrons. The van der Waals surface area contributed by atoms with Crippen molar-refractivity contribution in [2.75, 3.05) is 5.32 Å². The van der Waals surface area contributed by atoms with Crippen LogP contribution in [0.4, 0.5) is 14.5 Å². The van der Waals surface area contributed by atoms with Crippen molar-refractivity contribution in [1.29, 1.82) is 0 Å². The summed E-state index contributed by atoms with van der Waals surface area (Å²) in [6, 6.07) is 14.1. The second kappa shape index (κ2) is 7.98. The number of rotatable bonds is 4. The van der Waals surface area contributed by atoms with Gasteiger partial charge in [-0.3, -0.25) is 9.59 Å². The quantitative estimate of drug-likeness (QED) is 0.506. The molecule has 0 aromatic heterocycles. The van der Waals surface area contributed by atoms with E-state index in [0.717, 1.165) is 18.2 Å². The lowest BCUT2D eigenvalue weighted by molar-refractivity contribution is 0.102. The lowest BCUT2D eigenvalue weighted by Gasteiger charge is -2.12. The maximum Gasteiger partial charge on any atom is 0.255 e. The molecule has 0 saturated carbocycles. The highest BCUT2D eigenvalue weighted by atomic mass is 79.9. The molecule has 3 aromatic carbocycles. The van der Waals surface area contributed by atoms with E-state index in [1.54, 1.807) is 36.4 Å². The Balaban J connectivity index is 1.97. The minimum absolute atomic E-state index is 0.0760. The number of hydrogen-bond acceptors (Lipinski definition) is 2. The van der Waals surface area contributed by atoms with E-state index < -0.39 is 17.5 Å². The van der Waals surface area contributed by atoms with Crippen LogP contribution in [0.25, 0.3) is 0 Å². The molecule has 7 heteroatoms. The van der Waals surface area contributed by atoms with Gasteiger partial charge in [0.2, 0.25) is 0 Å². The fraction of sp³-hybridized carbons (Fsp3) is 0. The summed E-state index contributed by atoms with van der Waals surface area (Å²) in [7, 11) is 0. The summed E-state index contributed by atoms with van der Waals surface area (Å²) in [4.78, 5) is 25.3. The molecule has 136 valence electrons. The third kappa shape index (κ3) is 4.23. The predicted molar refractivity (Wildman–Crippen MR) is 103 cm³/mol. The summed E-state index contributed by atoms with van der Waals surface area (Å²) in [5.74, 6) is -3.25. The standard InChI is InChI=1S/C20H11BrClF2NO2/c21-12-6-8-18(25-20(27)11-5-7-16(23)17(24)9-11)14(10-12)19(26)13-3-1-2-4-15(13)22/h1-10H,(H,25,27). The van der Waals surface area contributed by atoms with Gasteiger partial charge in [-0.1, -0.05) is 39.7 Å². The zero-order chi connectivity index (χ0) is 19.6. The van der Waals surface area contributed by atoms with E-state index in [1.165, 1.54) is 6.07 Å². The summed E-state index contributed by atoms with van der Waals surface area (Å²) >= 11 is 9.39. The highest BCUT2D eigenvalue weighted by Crippen LogP contribution is 2.27. The van der Waals surface area contributed by atoms with Crippen molar-refractivity contribution in [1.82, 2.24) is 0 Å². The maximum absolute atomic E-state index is 13.4. The Morgan fingerprint density at radius 2 is 1.63 bits per heavy atom. The summed E-state index contributed by atoms with van der Waals surface area (Å²) in [5, 5.41) is 2.84. The summed E-state index contributed by atoms with van der Waals surface area (Å²) in [6.07, 6.45) is 0. The van der Waals surface area contributed by atoms with E-state index in [0.29, 0.717) is 4.47 Å². The van der Waals surface area contributed by atoms with Crippen LogP contribution in [-0.2, 0) is 0 Å². The first-order chi connectivity index (χ1) is 12.9. The van der Waals surface area contributed by atoms with Gasteiger partial charge in [0.15, 0.2) is 17.4 Å². The third-order valence-electron chi connectivity index (χ3n) is 3.77. The van der Waals surface area contributed by atoms with Gasteiger partial charge in [0.25, 0.3) is 5.91 Å². The van der Waals surface area contributed by atoms with Gasteiger partial charge in [0, 0.05) is 21.2 Å². The van der Waals surface area contributed by atoms with Gasteiger partial charge >= 0.3 is 0 Å². The second-order valence-electron chi connectivity index (χ2n) is 5.58. The first-order valence-corrected chi connectivity index (χ1v) is 8.89. The van der Waals surface area contributed by atoms with Crippen LogP contribution in [0.2, 0.25) is 5.02 Å². The number of carbonyl (C=O) groups is 2. The Morgan fingerprint density at radius 1 is 0.889 bits per heavy atom. The molecule has 0 aliphatic rings. The van der Waals surface area contributed by atoms with Crippen molar-refractivity contribution >= 4 is 44.9 Å². The number of carbonyl (C=O) groups excluding carboxylic acids is 2. The number of halogens is 4. The van der Waals surface area contributed by atoms with Crippen molar-refractivity contribution in [3.63, 3.8) is 0 Å². The Labute approximate surface area is 167 Å². The molecule has 0 bridgehead atoms. The van der Waals surface area contributed by atoms with E-state index >= 15 is 0 Å². The van der Waals surface area contributed by atoms with Gasteiger partial charge in [-0.05, 0) is 48.5 Å². The molecule has 0 saturated heterocycles. The van der Waals surface area contributed by atoms with Gasteiger partial charge in [-0.25, -0.2) is 8.78 Å². The number of amides is 1. The molecule has 3 rings (SSSR count). The molecule has 3 nitrogen and oxygen atoms in total. The van der Waals surface area contributed by atoms with Crippen molar-refractivity contribution in [2.24, 2.45) is 0 Å². The van der Waals surface area contributed by atoms with E-state index in [-0.39, 0.29) is 33.2 Å². The van der Waals surface area contributed by atoms with Gasteiger partial charge in [0.05, 0.1) is 10.7 Å². The number of nitrogens with one attached hydrogen (secondary N) is 1. The van der Waals surface area contributed by atoms with E-state index in [1.807, 2.05) is 0 Å². The van der Waals surface area contributed by atoms with E-state index in [2.05, 4.69) is 21.2 Å². The minimum Gasteiger partial charge on any atom is -0.321 e. The molecule has 0 atom stereocenters. The minimum atomic E-state index is -1.13. The van der Waals surface area contributed by atoms with Crippen LogP contribution >= 0.6 is 27.5 Å². The molecule has 1 amide bonds. The van der Waals surface area contributed by atoms with Crippen LogP contribution in [0.3, 0.4) is 0 Å². The first-order valence-electron chi connectivity index (χ1n) is 7.72. The normalized spacial score (nSPS) is 10.5. The third-order valence-corrected chi connectivity index (χ3v) is 4.60. The van der Waals surface area contributed by atoms with E-state index in [9.17, 15) is 18.4 Å². The fourth-order valence-electron chi connectivity index (χ4n) is 2.44. The van der Waals surface area contributed by atoms with Crippen LogP contribution in [-0.4, -0.2) is 11.7 Å². The summed E-state index contributed by atoms with van der Waals surface area (Å²) < 4.78 is 27.1. The first kappa shape index (κ1) is 19.2. The SMILES string of the molecule is O=C(Nc1ccc(Br)cc1C(=O)c1ccccc1Cl)c1ccc(F)c(F)c1. The highest BCUT2D eigenvalue weighted by molar-refractivity contribution is 9.10. The average molecular weight is 451 g/mol. The Kier molecular flexibility index (Phi) is 5.68. The van der Waals surface area contributed by atoms with Crippen molar-refractivity contribution < 1.29 is 18.4 Å².